The first-order valence-corrected chi connectivity index (χ1v) is 6.51. The van der Waals surface area contributed by atoms with Crippen molar-refractivity contribution in [3.63, 3.8) is 0 Å². The number of alkyl halides is 3. The van der Waals surface area contributed by atoms with Crippen molar-refractivity contribution in [3.05, 3.63) is 23.7 Å². The van der Waals surface area contributed by atoms with Crippen LogP contribution < -0.4 is 0 Å². The van der Waals surface area contributed by atoms with Gasteiger partial charge in [-0.2, -0.15) is 13.2 Å². The van der Waals surface area contributed by atoms with E-state index in [-0.39, 0.29) is 24.6 Å². The van der Waals surface area contributed by atoms with Gasteiger partial charge in [0.05, 0.1) is 11.8 Å². The highest BCUT2D eigenvalue weighted by Gasteiger charge is 2.50. The van der Waals surface area contributed by atoms with E-state index in [1.807, 2.05) is 0 Å². The molecule has 2 aliphatic rings. The number of carbonyl (C=O) groups is 1. The van der Waals surface area contributed by atoms with E-state index in [0.29, 0.717) is 6.42 Å². The predicted octanol–water partition coefficient (Wildman–Crippen LogP) is 2.28. The van der Waals surface area contributed by atoms with Crippen molar-refractivity contribution in [2.24, 2.45) is 5.92 Å². The van der Waals surface area contributed by atoms with Crippen LogP contribution in [0.1, 0.15) is 35.4 Å². The Bertz CT molecular complexity index is 525. The molecule has 20 heavy (non-hydrogen) atoms. The summed E-state index contributed by atoms with van der Waals surface area (Å²) < 4.78 is 42.8. The molecular weight excluding hydrogens is 275 g/mol. The number of hydrogen-bond acceptors (Lipinski definition) is 3. The lowest BCUT2D eigenvalue weighted by Crippen LogP contribution is -2.37. The van der Waals surface area contributed by atoms with Gasteiger partial charge in [0, 0.05) is 24.6 Å². The van der Waals surface area contributed by atoms with Crippen LogP contribution in [0.15, 0.2) is 16.7 Å². The van der Waals surface area contributed by atoms with Gasteiger partial charge in [-0.15, -0.1) is 0 Å². The Kier molecular flexibility index (Phi) is 3.04. The van der Waals surface area contributed by atoms with E-state index in [4.69, 9.17) is 0 Å². The summed E-state index contributed by atoms with van der Waals surface area (Å²) in [5.41, 5.74) is -0.437. The van der Waals surface area contributed by atoms with E-state index in [0.717, 1.165) is 25.2 Å². The summed E-state index contributed by atoms with van der Waals surface area (Å²) in [7, 11) is 0. The third kappa shape index (κ3) is 1.91. The number of carbonyl (C=O) groups excluding carboxylic acids is 1. The second kappa shape index (κ2) is 4.51. The van der Waals surface area contributed by atoms with Gasteiger partial charge >= 0.3 is 6.18 Å². The molecule has 3 rings (SSSR count). The van der Waals surface area contributed by atoms with Crippen LogP contribution in [-0.4, -0.2) is 34.6 Å². The summed E-state index contributed by atoms with van der Waals surface area (Å²) in [6.07, 6.45) is -1.61. The number of nitrogens with zero attached hydrogens (tertiary/aromatic N) is 1. The first kappa shape index (κ1) is 13.5. The zero-order valence-electron chi connectivity index (χ0n) is 10.6. The topological polar surface area (TPSA) is 53.7 Å². The number of halogens is 3. The summed E-state index contributed by atoms with van der Waals surface area (Å²) in [5, 5.41) is 9.27. The molecule has 0 saturated carbocycles. The van der Waals surface area contributed by atoms with E-state index < -0.39 is 23.4 Å². The summed E-state index contributed by atoms with van der Waals surface area (Å²) in [4.78, 5) is 13.9. The number of rotatable bonds is 2. The zero-order chi connectivity index (χ0) is 14.5. The van der Waals surface area contributed by atoms with E-state index in [1.165, 1.54) is 4.90 Å². The van der Waals surface area contributed by atoms with Crippen LogP contribution >= 0.6 is 0 Å². The Morgan fingerprint density at radius 2 is 2.20 bits per heavy atom. The maximum atomic E-state index is 12.8. The van der Waals surface area contributed by atoms with Crippen molar-refractivity contribution in [1.82, 2.24) is 4.90 Å². The van der Waals surface area contributed by atoms with Gasteiger partial charge in [0.15, 0.2) is 0 Å². The van der Waals surface area contributed by atoms with Crippen molar-refractivity contribution in [1.29, 1.82) is 0 Å². The van der Waals surface area contributed by atoms with Gasteiger partial charge in [-0.25, -0.2) is 0 Å². The molecule has 1 amide bonds. The summed E-state index contributed by atoms with van der Waals surface area (Å²) in [6.45, 7) is -0.0392. The Morgan fingerprint density at radius 1 is 1.45 bits per heavy atom. The first-order chi connectivity index (χ1) is 9.43. The SMILES string of the molecule is O=C(c1ccoc1C(F)(F)F)N1[C@@H]2CC[C@H]1[C@H](CO)C2. The number of aliphatic hydroxyl groups excluding tert-OH is 1. The molecule has 1 N–H and O–H groups in total. The maximum Gasteiger partial charge on any atom is 0.450 e. The van der Waals surface area contributed by atoms with Crippen LogP contribution in [0.4, 0.5) is 13.2 Å². The van der Waals surface area contributed by atoms with E-state index in [9.17, 15) is 23.1 Å². The molecule has 0 spiro atoms. The fraction of sp³-hybridized carbons (Fsp3) is 0.615. The molecule has 0 radical (unpaired) electrons. The number of amides is 1. The normalized spacial score (nSPS) is 29.2. The van der Waals surface area contributed by atoms with Gasteiger partial charge in [0.1, 0.15) is 0 Å². The molecule has 3 atom stereocenters. The third-order valence-corrected chi connectivity index (χ3v) is 4.29. The lowest BCUT2D eigenvalue weighted by Gasteiger charge is -2.23. The Morgan fingerprint density at radius 3 is 2.80 bits per heavy atom. The fourth-order valence-electron chi connectivity index (χ4n) is 3.46. The molecular formula is C13H14F3NO3. The monoisotopic (exact) mass is 289 g/mol. The van der Waals surface area contributed by atoms with Crippen LogP contribution in [0.2, 0.25) is 0 Å². The van der Waals surface area contributed by atoms with E-state index in [2.05, 4.69) is 4.42 Å². The van der Waals surface area contributed by atoms with Gasteiger partial charge in [0.2, 0.25) is 5.76 Å². The number of furan rings is 1. The Hall–Kier alpha value is -1.50. The van der Waals surface area contributed by atoms with Crippen LogP contribution in [0.3, 0.4) is 0 Å². The van der Waals surface area contributed by atoms with Gasteiger partial charge in [-0.05, 0) is 25.3 Å². The molecule has 0 aromatic carbocycles. The van der Waals surface area contributed by atoms with Gasteiger partial charge in [0.25, 0.3) is 5.91 Å². The average Bonchev–Trinajstić information content (AvgIpc) is 3.10. The number of hydrogen-bond donors (Lipinski definition) is 1. The van der Waals surface area contributed by atoms with Crippen LogP contribution in [0.5, 0.6) is 0 Å². The maximum absolute atomic E-state index is 12.8. The second-order valence-electron chi connectivity index (χ2n) is 5.35. The van der Waals surface area contributed by atoms with Crippen molar-refractivity contribution in [3.8, 4) is 0 Å². The smallest absolute Gasteiger partial charge is 0.450 e. The predicted molar refractivity (Wildman–Crippen MR) is 61.9 cm³/mol. The van der Waals surface area contributed by atoms with Crippen molar-refractivity contribution >= 4 is 5.91 Å². The van der Waals surface area contributed by atoms with Gasteiger partial charge in [-0.3, -0.25) is 4.79 Å². The lowest BCUT2D eigenvalue weighted by molar-refractivity contribution is -0.153. The van der Waals surface area contributed by atoms with E-state index in [1.54, 1.807) is 0 Å². The highest BCUT2D eigenvalue weighted by atomic mass is 19.4. The van der Waals surface area contributed by atoms with Crippen molar-refractivity contribution in [2.75, 3.05) is 6.61 Å². The Balaban J connectivity index is 1.90. The molecule has 2 saturated heterocycles. The zero-order valence-corrected chi connectivity index (χ0v) is 10.6. The van der Waals surface area contributed by atoms with Gasteiger partial charge in [-0.1, -0.05) is 0 Å². The largest absolute Gasteiger partial charge is 0.459 e. The summed E-state index contributed by atoms with van der Waals surface area (Å²) >= 11 is 0. The van der Waals surface area contributed by atoms with Crippen LogP contribution in [-0.2, 0) is 6.18 Å². The highest BCUT2D eigenvalue weighted by molar-refractivity contribution is 5.96. The second-order valence-corrected chi connectivity index (χ2v) is 5.35. The molecule has 3 heterocycles. The lowest BCUT2D eigenvalue weighted by atomic mass is 9.90. The standard InChI is InChI=1S/C13H14F3NO3/c14-13(15,16)11-9(3-4-20-11)12(19)17-8-1-2-10(17)7(5-8)6-18/h3-4,7-8,10,18H,1-2,5-6H2/t7-,8+,10-/m0/s1. The molecule has 0 unspecified atom stereocenters. The molecule has 2 fully saturated rings. The fourth-order valence-corrected chi connectivity index (χ4v) is 3.46. The quantitative estimate of drug-likeness (QED) is 0.908. The summed E-state index contributed by atoms with van der Waals surface area (Å²) in [5.74, 6) is -1.91. The first-order valence-electron chi connectivity index (χ1n) is 6.51. The van der Waals surface area contributed by atoms with Crippen molar-refractivity contribution < 1.29 is 27.5 Å². The number of fused-ring (bicyclic) bond motifs is 2. The van der Waals surface area contributed by atoms with Crippen LogP contribution in [0, 0.1) is 5.92 Å². The Labute approximate surface area is 113 Å². The average molecular weight is 289 g/mol. The third-order valence-electron chi connectivity index (χ3n) is 4.29. The highest BCUT2D eigenvalue weighted by Crippen LogP contribution is 2.43. The molecule has 4 nitrogen and oxygen atoms in total. The molecule has 110 valence electrons. The van der Waals surface area contributed by atoms with Gasteiger partial charge < -0.3 is 14.4 Å². The minimum Gasteiger partial charge on any atom is -0.459 e. The van der Waals surface area contributed by atoms with Crippen molar-refractivity contribution in [2.45, 2.75) is 37.5 Å². The minimum atomic E-state index is -4.68. The molecule has 2 aliphatic heterocycles. The molecule has 0 aliphatic carbocycles. The van der Waals surface area contributed by atoms with E-state index >= 15 is 0 Å². The van der Waals surface area contributed by atoms with Crippen LogP contribution in [0.25, 0.3) is 0 Å². The molecule has 2 bridgehead atoms. The molecule has 1 aromatic rings. The molecule has 1 aromatic heterocycles. The summed E-state index contributed by atoms with van der Waals surface area (Å²) in [6, 6.07) is 0.839. The number of aliphatic hydroxyl groups is 1. The minimum absolute atomic E-state index is 0.0288. The molecule has 7 heteroatoms.